The highest BCUT2D eigenvalue weighted by atomic mass is 32.1. The predicted molar refractivity (Wildman–Crippen MR) is 210 cm³/mol. The Balaban J connectivity index is 1.30. The van der Waals surface area contributed by atoms with Crippen LogP contribution in [0.2, 0.25) is 0 Å². The second-order valence-electron chi connectivity index (χ2n) is 12.6. The van der Waals surface area contributed by atoms with Gasteiger partial charge in [-0.1, -0.05) is 72.8 Å². The van der Waals surface area contributed by atoms with Gasteiger partial charge in [0.25, 0.3) is 0 Å². The van der Waals surface area contributed by atoms with Crippen LogP contribution in [0.4, 0.5) is 0 Å². The molecule has 0 radical (unpaired) electrons. The number of thiophene rings is 2. The van der Waals surface area contributed by atoms with Gasteiger partial charge in [-0.3, -0.25) is 0 Å². The molecular weight excluding hydrogens is 649 g/mol. The van der Waals surface area contributed by atoms with E-state index in [1.54, 1.807) is 11.3 Å². The van der Waals surface area contributed by atoms with E-state index in [4.69, 9.17) is 0 Å². The molecule has 0 atom stereocenters. The number of hydrogen-bond acceptors (Lipinski definition) is 4. The average molecular weight is 671 g/mol. The van der Waals surface area contributed by atoms with Gasteiger partial charge in [0.15, 0.2) is 0 Å². The quantitative estimate of drug-likeness (QED) is 0.184. The fraction of sp³-hybridized carbons (Fsp3) is 0. The second-order valence-corrected chi connectivity index (χ2v) is 14.8. The van der Waals surface area contributed by atoms with E-state index in [1.165, 1.54) is 45.7 Å². The Morgan fingerprint density at radius 3 is 1.46 bits per heavy atom. The Kier molecular flexibility index (Phi) is 5.52. The van der Waals surface area contributed by atoms with E-state index in [0.717, 1.165) is 43.9 Å². The maximum Gasteiger partial charge on any atom is 0.104 e. The Morgan fingerprint density at radius 2 is 0.900 bits per heavy atom. The van der Waals surface area contributed by atoms with Gasteiger partial charge in [0, 0.05) is 61.9 Å². The van der Waals surface area contributed by atoms with Gasteiger partial charge in [0.2, 0.25) is 0 Å². The first-order valence-corrected chi connectivity index (χ1v) is 18.0. The van der Waals surface area contributed by atoms with E-state index in [2.05, 4.69) is 137 Å². The van der Waals surface area contributed by atoms with E-state index in [-0.39, 0.29) is 0 Å². The fourth-order valence-electron chi connectivity index (χ4n) is 8.25. The molecule has 0 bridgehead atoms. The summed E-state index contributed by atoms with van der Waals surface area (Å²) in [6.45, 7) is 0. The van der Waals surface area contributed by atoms with Crippen molar-refractivity contribution in [3.8, 4) is 23.5 Å². The number of nitriles is 2. The Hall–Kier alpha value is -6.44. The van der Waals surface area contributed by atoms with Crippen LogP contribution >= 0.6 is 22.7 Å². The van der Waals surface area contributed by atoms with Gasteiger partial charge < -0.3 is 9.13 Å². The number of aromatic nitrogens is 2. The lowest BCUT2D eigenvalue weighted by Crippen LogP contribution is -2.06. The van der Waals surface area contributed by atoms with Crippen LogP contribution in [0, 0.1) is 22.7 Å². The minimum Gasteiger partial charge on any atom is -0.308 e. The third-order valence-corrected chi connectivity index (χ3v) is 12.5. The first-order chi connectivity index (χ1) is 24.7. The fourth-order valence-corrected chi connectivity index (χ4v) is 10.5. The molecule has 0 saturated heterocycles. The lowest BCUT2D eigenvalue weighted by Gasteiger charge is -2.17. The molecule has 50 heavy (non-hydrogen) atoms. The largest absolute Gasteiger partial charge is 0.308 e. The van der Waals surface area contributed by atoms with Crippen molar-refractivity contribution in [3.05, 3.63) is 145 Å². The minimum absolute atomic E-state index is 0.454. The van der Waals surface area contributed by atoms with E-state index >= 15 is 0 Å². The Labute approximate surface area is 293 Å². The van der Waals surface area contributed by atoms with Gasteiger partial charge in [-0.25, -0.2) is 0 Å². The zero-order chi connectivity index (χ0) is 33.1. The summed E-state index contributed by atoms with van der Waals surface area (Å²) in [6.07, 6.45) is 0. The van der Waals surface area contributed by atoms with Crippen molar-refractivity contribution >= 4 is 107 Å². The van der Waals surface area contributed by atoms with Gasteiger partial charge >= 0.3 is 0 Å². The first kappa shape index (κ1) is 27.5. The summed E-state index contributed by atoms with van der Waals surface area (Å²) >= 11 is 3.60. The molecule has 7 aromatic carbocycles. The van der Waals surface area contributed by atoms with Crippen LogP contribution in [0.25, 0.3) is 95.3 Å². The maximum atomic E-state index is 11.2. The van der Waals surface area contributed by atoms with Crippen molar-refractivity contribution in [1.82, 2.24) is 9.13 Å². The summed E-state index contributed by atoms with van der Waals surface area (Å²) in [5.74, 6) is 0. The molecule has 0 unspecified atom stereocenters. The molecule has 0 aliphatic rings. The molecular formula is C44H22N4S2. The molecule has 0 saturated carbocycles. The molecule has 0 spiro atoms. The van der Waals surface area contributed by atoms with Crippen molar-refractivity contribution in [2.75, 3.05) is 0 Å². The number of benzene rings is 7. The SMILES string of the molecule is N#Cc1ccc(-n2c3ccccc3c3c4c(ccc32)sc2ccccc24)c(C#N)c1-n1c2ccccc2c2c3c(ccc21)sc1ccccc13. The molecule has 0 aliphatic heterocycles. The molecule has 11 aromatic rings. The predicted octanol–water partition coefficient (Wildman–Crippen LogP) is 12.4. The van der Waals surface area contributed by atoms with Crippen molar-refractivity contribution in [2.45, 2.75) is 0 Å². The number of hydrogen-bond donors (Lipinski definition) is 0. The zero-order valence-corrected chi connectivity index (χ0v) is 27.9. The number of rotatable bonds is 2. The molecule has 4 heterocycles. The standard InChI is InChI=1S/C44H22N4S2/c45-23-25-17-18-33(47-31-13-5-1-9-26(31)40-34(47)19-21-38-42(40)28-11-3-7-15-36(28)49-38)30(24-46)44(25)48-32-14-6-2-10-27(32)41-35(48)20-22-39-43(41)29-12-4-8-16-37(29)50-39/h1-22H. The van der Waals surface area contributed by atoms with Crippen molar-refractivity contribution < 1.29 is 0 Å². The van der Waals surface area contributed by atoms with Crippen molar-refractivity contribution in [3.63, 3.8) is 0 Å². The molecule has 11 rings (SSSR count). The zero-order valence-electron chi connectivity index (χ0n) is 26.3. The van der Waals surface area contributed by atoms with Gasteiger partial charge in [-0.15, -0.1) is 22.7 Å². The molecule has 4 nitrogen and oxygen atoms in total. The number of para-hydroxylation sites is 2. The van der Waals surface area contributed by atoms with Crippen LogP contribution in [0.5, 0.6) is 0 Å². The van der Waals surface area contributed by atoms with Gasteiger partial charge in [0.1, 0.15) is 17.7 Å². The van der Waals surface area contributed by atoms with Crippen LogP contribution in [0.15, 0.2) is 133 Å². The summed E-state index contributed by atoms with van der Waals surface area (Å²) in [5, 5.41) is 31.3. The highest BCUT2D eigenvalue weighted by Crippen LogP contribution is 2.46. The summed E-state index contributed by atoms with van der Waals surface area (Å²) in [4.78, 5) is 0. The van der Waals surface area contributed by atoms with E-state index in [1.807, 2.05) is 29.5 Å². The summed E-state index contributed by atoms with van der Waals surface area (Å²) in [6, 6.07) is 51.6. The maximum absolute atomic E-state index is 11.2. The second kappa shape index (κ2) is 10.0. The van der Waals surface area contributed by atoms with E-state index in [0.29, 0.717) is 16.8 Å². The van der Waals surface area contributed by atoms with E-state index in [9.17, 15) is 10.5 Å². The Bertz CT molecular complexity index is 3360. The minimum atomic E-state index is 0.454. The van der Waals surface area contributed by atoms with Gasteiger partial charge in [-0.2, -0.15) is 10.5 Å². The summed E-state index contributed by atoms with van der Waals surface area (Å²) in [5.41, 5.74) is 6.25. The van der Waals surface area contributed by atoms with Crippen molar-refractivity contribution in [2.24, 2.45) is 0 Å². The van der Waals surface area contributed by atoms with Crippen molar-refractivity contribution in [1.29, 1.82) is 10.5 Å². The molecule has 6 heteroatoms. The highest BCUT2D eigenvalue weighted by molar-refractivity contribution is 7.26. The molecule has 0 aliphatic carbocycles. The highest BCUT2D eigenvalue weighted by Gasteiger charge is 2.25. The topological polar surface area (TPSA) is 57.4 Å². The number of fused-ring (bicyclic) bond motifs is 14. The smallest absolute Gasteiger partial charge is 0.104 e. The van der Waals surface area contributed by atoms with Crippen LogP contribution in [-0.4, -0.2) is 9.13 Å². The summed E-state index contributed by atoms with van der Waals surface area (Å²) < 4.78 is 9.31. The number of nitrogens with zero attached hydrogens (tertiary/aromatic N) is 4. The third kappa shape index (κ3) is 3.46. The van der Waals surface area contributed by atoms with E-state index < -0.39 is 0 Å². The van der Waals surface area contributed by atoms with Gasteiger partial charge in [0.05, 0.1) is 39.0 Å². The first-order valence-electron chi connectivity index (χ1n) is 16.4. The molecule has 0 N–H and O–H groups in total. The molecule has 0 amide bonds. The van der Waals surface area contributed by atoms with Crippen LogP contribution < -0.4 is 0 Å². The average Bonchev–Trinajstić information content (AvgIpc) is 3.91. The normalized spacial score (nSPS) is 12.0. The van der Waals surface area contributed by atoms with Crippen LogP contribution in [0.3, 0.4) is 0 Å². The molecule has 230 valence electrons. The Morgan fingerprint density at radius 1 is 0.400 bits per heavy atom. The molecule has 4 aromatic heterocycles. The van der Waals surface area contributed by atoms with Crippen LogP contribution in [-0.2, 0) is 0 Å². The lowest BCUT2D eigenvalue weighted by atomic mass is 10.0. The summed E-state index contributed by atoms with van der Waals surface area (Å²) in [7, 11) is 0. The van der Waals surface area contributed by atoms with Crippen LogP contribution in [0.1, 0.15) is 11.1 Å². The third-order valence-electron chi connectivity index (χ3n) is 10.2. The molecule has 0 fully saturated rings. The van der Waals surface area contributed by atoms with Gasteiger partial charge in [-0.05, 0) is 60.7 Å². The monoisotopic (exact) mass is 670 g/mol. The lowest BCUT2D eigenvalue weighted by molar-refractivity contribution is 1.11.